The molecule has 0 aromatic heterocycles. The lowest BCUT2D eigenvalue weighted by molar-refractivity contribution is -0.156. The maximum absolute atomic E-state index is 11.5. The van der Waals surface area contributed by atoms with Gasteiger partial charge in [0.25, 0.3) is 0 Å². The van der Waals surface area contributed by atoms with Crippen LogP contribution in [0.15, 0.2) is 46.9 Å². The minimum absolute atomic E-state index is 0.00330. The van der Waals surface area contributed by atoms with Gasteiger partial charge in [-0.25, -0.2) is 15.1 Å². The molecular weight excluding hydrogens is 457 g/mol. The van der Waals surface area contributed by atoms with E-state index in [0.717, 1.165) is 17.3 Å². The van der Waals surface area contributed by atoms with Gasteiger partial charge in [-0.15, -0.1) is 0 Å². The molecule has 0 saturated carbocycles. The summed E-state index contributed by atoms with van der Waals surface area (Å²) in [6, 6.07) is 13.4. The molecule has 1 unspecified atom stereocenters. The topological polar surface area (TPSA) is 103 Å². The van der Waals surface area contributed by atoms with E-state index in [4.69, 9.17) is 19.3 Å². The molecule has 2 aromatic rings. The fourth-order valence-electron chi connectivity index (χ4n) is 3.17. The van der Waals surface area contributed by atoms with Crippen molar-refractivity contribution in [2.24, 2.45) is 0 Å². The second kappa shape index (κ2) is 10.6. The van der Waals surface area contributed by atoms with Gasteiger partial charge in [0.15, 0.2) is 6.61 Å². The molecule has 1 aliphatic rings. The monoisotopic (exact) mass is 477 g/mol. The van der Waals surface area contributed by atoms with Gasteiger partial charge >= 0.3 is 19.1 Å². The van der Waals surface area contributed by atoms with Crippen LogP contribution in [-0.2, 0) is 30.2 Å². The Morgan fingerprint density at radius 1 is 1.20 bits per heavy atom. The lowest BCUT2D eigenvalue weighted by Gasteiger charge is -2.17. The molecule has 158 valence electrons. The molecule has 30 heavy (non-hydrogen) atoms. The number of hydroxylamine groups is 1. The Bertz CT molecular complexity index is 893. The lowest BCUT2D eigenvalue weighted by Crippen LogP contribution is -2.41. The molecular formula is C20H21BBrNO7. The normalized spacial score (nSPS) is 14.8. The molecule has 1 aliphatic carbocycles. The van der Waals surface area contributed by atoms with Gasteiger partial charge < -0.3 is 24.0 Å². The number of rotatable bonds is 10. The number of carbonyl (C=O) groups is 2. The highest BCUT2D eigenvalue weighted by Gasteiger charge is 2.26. The van der Waals surface area contributed by atoms with E-state index in [0.29, 0.717) is 11.2 Å². The van der Waals surface area contributed by atoms with Gasteiger partial charge in [-0.3, -0.25) is 0 Å². The van der Waals surface area contributed by atoms with E-state index in [1.54, 1.807) is 19.2 Å². The zero-order valence-electron chi connectivity index (χ0n) is 16.3. The van der Waals surface area contributed by atoms with Crippen LogP contribution in [0.5, 0.6) is 5.75 Å². The average Bonchev–Trinajstić information content (AvgIpc) is 3.12. The van der Waals surface area contributed by atoms with Crippen molar-refractivity contribution in [1.29, 1.82) is 0 Å². The molecule has 2 N–H and O–H groups in total. The summed E-state index contributed by atoms with van der Waals surface area (Å²) in [5.41, 5.74) is 5.66. The van der Waals surface area contributed by atoms with Crippen molar-refractivity contribution in [2.45, 2.75) is 18.9 Å². The van der Waals surface area contributed by atoms with Crippen LogP contribution < -0.4 is 15.7 Å². The molecule has 0 radical (unpaired) electrons. The summed E-state index contributed by atoms with van der Waals surface area (Å²) >= 11 is 3.50. The smallest absolute Gasteiger partial charge is 0.486 e. The molecule has 0 heterocycles. The van der Waals surface area contributed by atoms with E-state index >= 15 is 0 Å². The summed E-state index contributed by atoms with van der Waals surface area (Å²) in [6.07, 6.45) is 1.89. The molecule has 3 rings (SSSR count). The molecule has 0 aliphatic heterocycles. The Balaban J connectivity index is 1.59. The lowest BCUT2D eigenvalue weighted by atomic mass is 9.79. The second-order valence-corrected chi connectivity index (χ2v) is 7.49. The van der Waals surface area contributed by atoms with Gasteiger partial charge in [0.1, 0.15) is 18.5 Å². The molecule has 2 aromatic carbocycles. The van der Waals surface area contributed by atoms with Gasteiger partial charge in [-0.1, -0.05) is 34.1 Å². The molecule has 8 nitrogen and oxygen atoms in total. The number of hydrogen-bond acceptors (Lipinski definition) is 7. The number of nitrogens with one attached hydrogen (secondary N) is 1. The van der Waals surface area contributed by atoms with Crippen LogP contribution in [0, 0.1) is 0 Å². The number of hydrogen-bond donors (Lipinski definition) is 2. The number of halogens is 1. The number of ether oxygens (including phenoxy) is 2. The van der Waals surface area contributed by atoms with Crippen LogP contribution in [0.3, 0.4) is 0 Å². The maximum atomic E-state index is 11.5. The fourth-order valence-corrected chi connectivity index (χ4v) is 3.58. The van der Waals surface area contributed by atoms with Crippen molar-refractivity contribution >= 4 is 40.4 Å². The van der Waals surface area contributed by atoms with Gasteiger partial charge in [0, 0.05) is 11.5 Å². The van der Waals surface area contributed by atoms with Crippen LogP contribution >= 0.6 is 15.9 Å². The summed E-state index contributed by atoms with van der Waals surface area (Å²) in [6.45, 7) is -1.17. The van der Waals surface area contributed by atoms with Crippen LogP contribution in [0.25, 0.3) is 0 Å². The van der Waals surface area contributed by atoms with E-state index in [9.17, 15) is 9.59 Å². The average molecular weight is 478 g/mol. The summed E-state index contributed by atoms with van der Waals surface area (Å²) in [4.78, 5) is 22.0. The van der Waals surface area contributed by atoms with Crippen molar-refractivity contribution in [3.8, 4) is 5.75 Å². The Hall–Kier alpha value is -2.40. The van der Waals surface area contributed by atoms with Gasteiger partial charge in [-0.2, -0.15) is 0 Å². The number of carboxylic acids is 1. The highest BCUT2D eigenvalue weighted by molar-refractivity contribution is 9.10. The largest absolute Gasteiger partial charge is 0.511 e. The first-order valence-corrected chi connectivity index (χ1v) is 10.1. The van der Waals surface area contributed by atoms with E-state index in [-0.39, 0.29) is 6.10 Å². The molecule has 0 fully saturated rings. The highest BCUT2D eigenvalue weighted by atomic mass is 79.9. The Morgan fingerprint density at radius 2 is 1.97 bits per heavy atom. The van der Waals surface area contributed by atoms with E-state index in [2.05, 4.69) is 38.3 Å². The first kappa shape index (κ1) is 22.3. The summed E-state index contributed by atoms with van der Waals surface area (Å²) < 4.78 is 22.4. The molecule has 0 bridgehead atoms. The van der Waals surface area contributed by atoms with Crippen molar-refractivity contribution in [1.82, 2.24) is 5.48 Å². The first-order chi connectivity index (χ1) is 14.5. The third kappa shape index (κ3) is 6.05. The number of carbonyl (C=O) groups excluding carboxylic acids is 1. The molecule has 1 atom stereocenters. The van der Waals surface area contributed by atoms with Crippen molar-refractivity contribution in [3.63, 3.8) is 0 Å². The van der Waals surface area contributed by atoms with E-state index in [1.807, 2.05) is 18.2 Å². The van der Waals surface area contributed by atoms with Gasteiger partial charge in [-0.05, 0) is 53.7 Å². The van der Waals surface area contributed by atoms with E-state index in [1.165, 1.54) is 11.1 Å². The Kier molecular flexibility index (Phi) is 7.86. The van der Waals surface area contributed by atoms with Crippen molar-refractivity contribution in [3.05, 3.63) is 58.1 Å². The number of benzene rings is 2. The zero-order chi connectivity index (χ0) is 21.5. The van der Waals surface area contributed by atoms with Gasteiger partial charge in [0.05, 0.1) is 0 Å². The Morgan fingerprint density at radius 3 is 2.67 bits per heavy atom. The third-order valence-electron chi connectivity index (χ3n) is 4.49. The number of carboxylic acid groups (broad SMARTS) is 1. The van der Waals surface area contributed by atoms with Crippen LogP contribution in [0.4, 0.5) is 0 Å². The number of aryl methyl sites for hydroxylation is 1. The highest BCUT2D eigenvalue weighted by Crippen LogP contribution is 2.36. The Labute approximate surface area is 182 Å². The maximum Gasteiger partial charge on any atom is 0.511 e. The molecule has 0 spiro atoms. The van der Waals surface area contributed by atoms with Crippen LogP contribution in [-0.4, -0.2) is 44.4 Å². The minimum atomic E-state index is -1.24. The summed E-state index contributed by atoms with van der Waals surface area (Å²) in [5, 5.41) is 8.53. The van der Waals surface area contributed by atoms with Crippen LogP contribution in [0.2, 0.25) is 0 Å². The number of esters is 1. The van der Waals surface area contributed by atoms with Crippen molar-refractivity contribution < 1.29 is 33.6 Å². The second-order valence-electron chi connectivity index (χ2n) is 6.58. The third-order valence-corrected chi connectivity index (χ3v) is 4.99. The SMILES string of the molecule is CNOB(OCC(=O)OCC(=O)O)c1ccc(OC2CCc3cc(Br)ccc32)cc1. The predicted octanol–water partition coefficient (Wildman–Crippen LogP) is 2.01. The van der Waals surface area contributed by atoms with Crippen LogP contribution in [0.1, 0.15) is 23.7 Å². The van der Waals surface area contributed by atoms with E-state index < -0.39 is 32.3 Å². The van der Waals surface area contributed by atoms with Gasteiger partial charge in [0.2, 0.25) is 0 Å². The number of aliphatic carboxylic acids is 1. The molecule has 0 amide bonds. The first-order valence-electron chi connectivity index (χ1n) is 9.32. The fraction of sp³-hybridized carbons (Fsp3) is 0.300. The quantitative estimate of drug-likeness (QED) is 0.304. The standard InChI is InChI=1S/C20H21BBrNO7/c1-23-30-21(28-12-20(26)27-11-19(24)25)14-3-6-16(7-4-14)29-18-9-2-13-10-15(22)5-8-17(13)18/h3-8,10,18,23H,2,9,11-12H2,1H3,(H,24,25). The summed E-state index contributed by atoms with van der Waals surface area (Å²) in [5.74, 6) is -1.32. The zero-order valence-corrected chi connectivity index (χ0v) is 17.9. The molecule has 0 saturated heterocycles. The van der Waals surface area contributed by atoms with Crippen molar-refractivity contribution in [2.75, 3.05) is 20.3 Å². The summed E-state index contributed by atoms with van der Waals surface area (Å²) in [7, 11) is 0.679. The predicted molar refractivity (Wildman–Crippen MR) is 112 cm³/mol. The molecule has 10 heteroatoms. The number of fused-ring (bicyclic) bond motifs is 1. The minimum Gasteiger partial charge on any atom is -0.486 e.